The Balaban J connectivity index is 2.82. The summed E-state index contributed by atoms with van der Waals surface area (Å²) in [6.45, 7) is 4.35. The van der Waals surface area contributed by atoms with E-state index >= 15 is 0 Å². The van der Waals surface area contributed by atoms with E-state index in [-0.39, 0.29) is 10.5 Å². The van der Waals surface area contributed by atoms with Gasteiger partial charge < -0.3 is 4.74 Å². The lowest BCUT2D eigenvalue weighted by Crippen LogP contribution is -2.10. The molecule has 0 saturated carbocycles. The van der Waals surface area contributed by atoms with Gasteiger partial charge in [0.15, 0.2) is 0 Å². The Labute approximate surface area is 130 Å². The highest BCUT2D eigenvalue weighted by Crippen LogP contribution is 2.21. The van der Waals surface area contributed by atoms with Crippen molar-refractivity contribution in [3.63, 3.8) is 0 Å². The fourth-order valence-electron chi connectivity index (χ4n) is 1.98. The number of unbranched alkanes of at least 4 members (excludes halogenated alkanes) is 3. The Hall–Kier alpha value is -1.07. The zero-order valence-corrected chi connectivity index (χ0v) is 14.0. The Morgan fingerprint density at radius 2 is 1.90 bits per heavy atom. The van der Waals surface area contributed by atoms with Crippen molar-refractivity contribution in [1.29, 1.82) is 0 Å². The highest BCUT2D eigenvalue weighted by molar-refractivity contribution is 8.13. The van der Waals surface area contributed by atoms with Crippen LogP contribution in [0.5, 0.6) is 0 Å². The predicted octanol–water partition coefficient (Wildman–Crippen LogP) is 3.91. The van der Waals surface area contributed by atoms with Crippen molar-refractivity contribution in [1.82, 2.24) is 0 Å². The maximum atomic E-state index is 12.1. The number of esters is 1. The molecule has 0 aliphatic carbocycles. The summed E-state index contributed by atoms with van der Waals surface area (Å²) in [4.78, 5) is 12.0. The van der Waals surface area contributed by atoms with Crippen LogP contribution < -0.4 is 0 Å². The summed E-state index contributed by atoms with van der Waals surface area (Å²) >= 11 is 0. The van der Waals surface area contributed by atoms with E-state index in [2.05, 4.69) is 6.92 Å². The van der Waals surface area contributed by atoms with Crippen LogP contribution in [0.2, 0.25) is 0 Å². The van der Waals surface area contributed by atoms with Gasteiger partial charge in [-0.1, -0.05) is 39.2 Å². The molecule has 0 N–H and O–H groups in total. The molecule has 0 aliphatic heterocycles. The first-order chi connectivity index (χ1) is 9.90. The van der Waals surface area contributed by atoms with Gasteiger partial charge in [0.2, 0.25) is 0 Å². The maximum Gasteiger partial charge on any atom is 0.338 e. The van der Waals surface area contributed by atoms with E-state index in [1.807, 2.05) is 6.92 Å². The Kier molecular flexibility index (Phi) is 7.18. The summed E-state index contributed by atoms with van der Waals surface area (Å²) < 4.78 is 27.9. The minimum atomic E-state index is -3.85. The molecular formula is C15H21ClO4S. The summed E-state index contributed by atoms with van der Waals surface area (Å²) in [6, 6.07) is 4.29. The third kappa shape index (κ3) is 5.67. The molecule has 0 fully saturated rings. The van der Waals surface area contributed by atoms with E-state index in [1.165, 1.54) is 12.1 Å². The van der Waals surface area contributed by atoms with Gasteiger partial charge in [-0.2, -0.15) is 0 Å². The lowest BCUT2D eigenvalue weighted by atomic mass is 10.1. The number of rotatable bonds is 8. The highest BCUT2D eigenvalue weighted by Gasteiger charge is 2.17. The molecule has 1 rings (SSSR count). The van der Waals surface area contributed by atoms with Crippen LogP contribution >= 0.6 is 10.7 Å². The number of halogens is 1. The summed E-state index contributed by atoms with van der Waals surface area (Å²) in [6.07, 6.45) is 4.67. The van der Waals surface area contributed by atoms with Crippen LogP contribution in [0.15, 0.2) is 23.1 Å². The molecule has 1 aromatic rings. The number of aryl methyl sites for hydroxylation is 1. The molecule has 0 aliphatic rings. The molecule has 0 unspecified atom stereocenters. The van der Waals surface area contributed by atoms with E-state index in [1.54, 1.807) is 6.07 Å². The molecule has 6 heteroatoms. The van der Waals surface area contributed by atoms with Crippen molar-refractivity contribution in [2.75, 3.05) is 6.61 Å². The van der Waals surface area contributed by atoms with Crippen molar-refractivity contribution < 1.29 is 17.9 Å². The van der Waals surface area contributed by atoms with Crippen LogP contribution in [0.25, 0.3) is 0 Å². The van der Waals surface area contributed by atoms with Gasteiger partial charge in [0, 0.05) is 10.7 Å². The molecule has 4 nitrogen and oxygen atoms in total. The molecule has 1 aromatic carbocycles. The molecule has 118 valence electrons. The minimum Gasteiger partial charge on any atom is -0.462 e. The van der Waals surface area contributed by atoms with E-state index in [0.29, 0.717) is 13.0 Å². The minimum absolute atomic E-state index is 0.0840. The topological polar surface area (TPSA) is 60.4 Å². The van der Waals surface area contributed by atoms with Crippen LogP contribution in [-0.2, 0) is 20.2 Å². The highest BCUT2D eigenvalue weighted by atomic mass is 35.7. The Morgan fingerprint density at radius 3 is 2.48 bits per heavy atom. The largest absolute Gasteiger partial charge is 0.462 e. The zero-order valence-electron chi connectivity index (χ0n) is 12.4. The Morgan fingerprint density at radius 1 is 1.19 bits per heavy atom. The van der Waals surface area contributed by atoms with Crippen LogP contribution in [0.3, 0.4) is 0 Å². The molecule has 0 bridgehead atoms. The molecule has 0 heterocycles. The first-order valence-electron chi connectivity index (χ1n) is 7.14. The second-order valence-corrected chi connectivity index (χ2v) is 7.37. The van der Waals surface area contributed by atoms with E-state index in [0.717, 1.165) is 31.2 Å². The number of benzene rings is 1. The number of ether oxygens (including phenoxy) is 1. The molecule has 0 atom stereocenters. The second kappa shape index (κ2) is 8.39. The molecular weight excluding hydrogens is 312 g/mol. The van der Waals surface area contributed by atoms with Crippen LogP contribution in [-0.4, -0.2) is 21.0 Å². The Bertz CT molecular complexity index is 581. The van der Waals surface area contributed by atoms with Gasteiger partial charge in [-0.25, -0.2) is 13.2 Å². The van der Waals surface area contributed by atoms with Crippen LogP contribution in [0.4, 0.5) is 0 Å². The fourth-order valence-corrected chi connectivity index (χ4v) is 2.75. The first kappa shape index (κ1) is 18.0. The molecule has 0 radical (unpaired) electrons. The normalized spacial score (nSPS) is 11.4. The van der Waals surface area contributed by atoms with Crippen molar-refractivity contribution in [3.8, 4) is 0 Å². The van der Waals surface area contributed by atoms with Crippen LogP contribution in [0.1, 0.15) is 55.5 Å². The average molecular weight is 333 g/mol. The third-order valence-corrected chi connectivity index (χ3v) is 4.55. The van der Waals surface area contributed by atoms with Crippen molar-refractivity contribution in [2.24, 2.45) is 0 Å². The average Bonchev–Trinajstić information content (AvgIpc) is 2.45. The number of hydrogen-bond acceptors (Lipinski definition) is 4. The number of carbonyl (C=O) groups excluding carboxylic acids is 1. The first-order valence-corrected chi connectivity index (χ1v) is 9.45. The number of carbonyl (C=O) groups is 1. The summed E-state index contributed by atoms with van der Waals surface area (Å²) in [7, 11) is 1.46. The lowest BCUT2D eigenvalue weighted by Gasteiger charge is -2.09. The van der Waals surface area contributed by atoms with Gasteiger partial charge in [-0.15, -0.1) is 0 Å². The number of hydrogen-bond donors (Lipinski definition) is 0. The van der Waals surface area contributed by atoms with Crippen LogP contribution in [0, 0.1) is 0 Å². The monoisotopic (exact) mass is 332 g/mol. The van der Waals surface area contributed by atoms with Gasteiger partial charge in [0.25, 0.3) is 9.05 Å². The third-order valence-electron chi connectivity index (χ3n) is 3.19. The van der Waals surface area contributed by atoms with Gasteiger partial charge in [-0.3, -0.25) is 0 Å². The van der Waals surface area contributed by atoms with Crippen molar-refractivity contribution >= 4 is 25.7 Å². The maximum absolute atomic E-state index is 12.1. The zero-order chi connectivity index (χ0) is 15.9. The summed E-state index contributed by atoms with van der Waals surface area (Å²) in [5.74, 6) is -0.495. The lowest BCUT2D eigenvalue weighted by molar-refractivity contribution is 0.0496. The quantitative estimate of drug-likeness (QED) is 0.411. The van der Waals surface area contributed by atoms with E-state index < -0.39 is 15.0 Å². The predicted molar refractivity (Wildman–Crippen MR) is 83.3 cm³/mol. The molecule has 0 saturated heterocycles. The van der Waals surface area contributed by atoms with E-state index in [9.17, 15) is 13.2 Å². The summed E-state index contributed by atoms with van der Waals surface area (Å²) in [5, 5.41) is 0. The van der Waals surface area contributed by atoms with Gasteiger partial charge in [0.1, 0.15) is 0 Å². The van der Waals surface area contributed by atoms with Crippen molar-refractivity contribution in [3.05, 3.63) is 29.3 Å². The molecule has 0 amide bonds. The summed E-state index contributed by atoms with van der Waals surface area (Å²) in [5.41, 5.74) is 1.02. The SMILES string of the molecule is CCCCCCOC(=O)c1cc(S(=O)(=O)Cl)ccc1CC. The molecule has 0 aromatic heterocycles. The molecule has 0 spiro atoms. The second-order valence-electron chi connectivity index (χ2n) is 4.81. The van der Waals surface area contributed by atoms with Crippen molar-refractivity contribution in [2.45, 2.75) is 50.8 Å². The smallest absolute Gasteiger partial charge is 0.338 e. The molecule has 21 heavy (non-hydrogen) atoms. The fraction of sp³-hybridized carbons (Fsp3) is 0.533. The standard InChI is InChI=1S/C15H21ClO4S/c1-3-5-6-7-10-20-15(17)14-11-13(21(16,18)19)9-8-12(14)4-2/h8-9,11H,3-7,10H2,1-2H3. The van der Waals surface area contributed by atoms with Gasteiger partial charge in [-0.05, 0) is 30.5 Å². The van der Waals surface area contributed by atoms with Gasteiger partial charge in [0.05, 0.1) is 17.1 Å². The van der Waals surface area contributed by atoms with E-state index in [4.69, 9.17) is 15.4 Å². The van der Waals surface area contributed by atoms with Gasteiger partial charge >= 0.3 is 5.97 Å².